The number of nitrogens with two attached hydrogens (primary N) is 2. The predicted octanol–water partition coefficient (Wildman–Crippen LogP) is -1.77. The van der Waals surface area contributed by atoms with Crippen LogP contribution in [0, 0.1) is 0 Å². The summed E-state index contributed by atoms with van der Waals surface area (Å²) in [6.45, 7) is 0. The number of carboxylic acid groups (broad SMARTS) is 1. The van der Waals surface area contributed by atoms with Gasteiger partial charge in [-0.1, -0.05) is 0 Å². The second kappa shape index (κ2) is 4.45. The number of aliphatic carboxylic acids is 1. The van der Waals surface area contributed by atoms with Crippen molar-refractivity contribution in [2.75, 3.05) is 0 Å². The number of hydrogen-bond acceptors (Lipinski definition) is 4. The lowest BCUT2D eigenvalue weighted by molar-refractivity contribution is -0.149. The SMILES string of the molecule is NC(=O)CC[C@H](N)C(=O)C(=O)O. The monoisotopic (exact) mass is 174 g/mol. The minimum absolute atomic E-state index is 0.0273. The van der Waals surface area contributed by atoms with Crippen molar-refractivity contribution < 1.29 is 19.5 Å². The van der Waals surface area contributed by atoms with Gasteiger partial charge >= 0.3 is 5.97 Å². The van der Waals surface area contributed by atoms with E-state index < -0.39 is 23.7 Å². The average Bonchev–Trinajstić information content (AvgIpc) is 1.98. The highest BCUT2D eigenvalue weighted by Gasteiger charge is 2.20. The maximum Gasteiger partial charge on any atom is 0.373 e. The van der Waals surface area contributed by atoms with Crippen molar-refractivity contribution in [1.82, 2.24) is 0 Å². The Balaban J connectivity index is 3.87. The standard InChI is InChI=1S/C6H10N2O4/c7-3(1-2-4(8)9)5(10)6(11)12/h3H,1-2,7H2,(H2,8,9)(H,11,12)/t3-/m0/s1. The van der Waals surface area contributed by atoms with Gasteiger partial charge < -0.3 is 16.6 Å². The van der Waals surface area contributed by atoms with Crippen molar-refractivity contribution >= 4 is 17.7 Å². The van der Waals surface area contributed by atoms with Crippen molar-refractivity contribution in [3.63, 3.8) is 0 Å². The first-order valence-corrected chi connectivity index (χ1v) is 3.26. The summed E-state index contributed by atoms with van der Waals surface area (Å²) in [6, 6.07) is -1.14. The van der Waals surface area contributed by atoms with E-state index in [0.29, 0.717) is 0 Å². The van der Waals surface area contributed by atoms with Gasteiger partial charge in [0.2, 0.25) is 5.91 Å². The molecule has 0 aliphatic rings. The van der Waals surface area contributed by atoms with Crippen molar-refractivity contribution in [3.05, 3.63) is 0 Å². The van der Waals surface area contributed by atoms with E-state index in [4.69, 9.17) is 16.6 Å². The fraction of sp³-hybridized carbons (Fsp3) is 0.500. The Morgan fingerprint density at radius 2 is 1.83 bits per heavy atom. The topological polar surface area (TPSA) is 123 Å². The van der Waals surface area contributed by atoms with Crippen LogP contribution >= 0.6 is 0 Å². The summed E-state index contributed by atoms with van der Waals surface area (Å²) in [4.78, 5) is 30.8. The molecule has 0 bridgehead atoms. The second-order valence-corrected chi connectivity index (χ2v) is 2.28. The molecule has 12 heavy (non-hydrogen) atoms. The molecule has 0 aliphatic heterocycles. The zero-order valence-electron chi connectivity index (χ0n) is 6.32. The molecule has 0 unspecified atom stereocenters. The van der Waals surface area contributed by atoms with Gasteiger partial charge in [-0.05, 0) is 6.42 Å². The van der Waals surface area contributed by atoms with Crippen LogP contribution < -0.4 is 11.5 Å². The molecule has 6 nitrogen and oxygen atoms in total. The molecule has 0 rings (SSSR count). The van der Waals surface area contributed by atoms with Crippen molar-refractivity contribution in [2.24, 2.45) is 11.5 Å². The van der Waals surface area contributed by atoms with Gasteiger partial charge in [0.05, 0.1) is 6.04 Å². The van der Waals surface area contributed by atoms with Gasteiger partial charge in [-0.15, -0.1) is 0 Å². The molecule has 0 aromatic heterocycles. The number of amides is 1. The van der Waals surface area contributed by atoms with Crippen LogP contribution in [0.25, 0.3) is 0 Å². The number of carbonyl (C=O) groups excluding carboxylic acids is 2. The van der Waals surface area contributed by atoms with Crippen LogP contribution in [0.5, 0.6) is 0 Å². The van der Waals surface area contributed by atoms with E-state index in [1.165, 1.54) is 0 Å². The highest BCUT2D eigenvalue weighted by Crippen LogP contribution is 1.94. The Bertz CT molecular complexity index is 214. The summed E-state index contributed by atoms with van der Waals surface area (Å²) in [5, 5.41) is 8.17. The number of rotatable bonds is 5. The Kier molecular flexibility index (Phi) is 3.92. The molecule has 0 fully saturated rings. The first-order valence-electron chi connectivity index (χ1n) is 3.26. The maximum atomic E-state index is 10.6. The molecule has 0 heterocycles. The van der Waals surface area contributed by atoms with Crippen molar-refractivity contribution in [2.45, 2.75) is 18.9 Å². The average molecular weight is 174 g/mol. The molecule has 5 N–H and O–H groups in total. The van der Waals surface area contributed by atoms with E-state index in [2.05, 4.69) is 0 Å². The van der Waals surface area contributed by atoms with Crippen LogP contribution in [-0.4, -0.2) is 28.8 Å². The summed E-state index contributed by atoms with van der Waals surface area (Å²) in [6.07, 6.45) is -0.110. The molecule has 1 amide bonds. The Morgan fingerprint density at radius 1 is 1.33 bits per heavy atom. The zero-order chi connectivity index (χ0) is 9.72. The molecule has 0 aromatic rings. The van der Waals surface area contributed by atoms with Gasteiger partial charge in [0.1, 0.15) is 0 Å². The Labute approximate surface area is 68.5 Å². The Morgan fingerprint density at radius 3 is 2.17 bits per heavy atom. The minimum atomic E-state index is -1.59. The van der Waals surface area contributed by atoms with Crippen LogP contribution in [-0.2, 0) is 14.4 Å². The van der Waals surface area contributed by atoms with Gasteiger partial charge in [-0.2, -0.15) is 0 Å². The normalized spacial score (nSPS) is 12.1. The van der Waals surface area contributed by atoms with E-state index >= 15 is 0 Å². The van der Waals surface area contributed by atoms with Crippen LogP contribution in [0.3, 0.4) is 0 Å². The summed E-state index contributed by atoms with van der Waals surface area (Å²) < 4.78 is 0. The van der Waals surface area contributed by atoms with Crippen LogP contribution in [0.1, 0.15) is 12.8 Å². The highest BCUT2D eigenvalue weighted by atomic mass is 16.4. The minimum Gasteiger partial charge on any atom is -0.475 e. The van der Waals surface area contributed by atoms with E-state index in [0.717, 1.165) is 0 Å². The van der Waals surface area contributed by atoms with Gasteiger partial charge in [-0.25, -0.2) is 4.79 Å². The van der Waals surface area contributed by atoms with E-state index in [9.17, 15) is 14.4 Å². The number of hydrogen-bond donors (Lipinski definition) is 3. The van der Waals surface area contributed by atoms with Gasteiger partial charge in [0, 0.05) is 6.42 Å². The summed E-state index contributed by atoms with van der Waals surface area (Å²) >= 11 is 0. The number of carbonyl (C=O) groups is 3. The van der Waals surface area contributed by atoms with Gasteiger partial charge in [0.25, 0.3) is 5.78 Å². The predicted molar refractivity (Wildman–Crippen MR) is 39.0 cm³/mol. The fourth-order valence-electron chi connectivity index (χ4n) is 0.587. The molecule has 0 saturated heterocycles. The first kappa shape index (κ1) is 10.6. The molecule has 0 saturated carbocycles. The first-order chi connectivity index (χ1) is 5.45. The molecule has 0 spiro atoms. The maximum absolute atomic E-state index is 10.6. The second-order valence-electron chi connectivity index (χ2n) is 2.28. The van der Waals surface area contributed by atoms with E-state index in [1.54, 1.807) is 0 Å². The Hall–Kier alpha value is -1.43. The third-order valence-electron chi connectivity index (χ3n) is 1.25. The molecule has 6 heteroatoms. The molecule has 68 valence electrons. The smallest absolute Gasteiger partial charge is 0.373 e. The summed E-state index contributed by atoms with van der Waals surface area (Å²) in [7, 11) is 0. The van der Waals surface area contributed by atoms with Crippen LogP contribution in [0.15, 0.2) is 0 Å². The van der Waals surface area contributed by atoms with E-state index in [-0.39, 0.29) is 12.8 Å². The largest absolute Gasteiger partial charge is 0.475 e. The summed E-state index contributed by atoms with van der Waals surface area (Å²) in [5.41, 5.74) is 9.89. The third-order valence-corrected chi connectivity index (χ3v) is 1.25. The lowest BCUT2D eigenvalue weighted by Crippen LogP contribution is -2.36. The molecular weight excluding hydrogens is 164 g/mol. The number of ketones is 1. The quantitative estimate of drug-likeness (QED) is 0.425. The molecule has 0 aliphatic carbocycles. The van der Waals surface area contributed by atoms with Crippen LogP contribution in [0.4, 0.5) is 0 Å². The summed E-state index contributed by atoms with van der Waals surface area (Å²) in [5.74, 6) is -3.30. The molecular formula is C6H10N2O4. The van der Waals surface area contributed by atoms with Gasteiger partial charge in [-0.3, -0.25) is 9.59 Å². The third kappa shape index (κ3) is 3.67. The molecule has 0 radical (unpaired) electrons. The fourth-order valence-corrected chi connectivity index (χ4v) is 0.587. The lowest BCUT2D eigenvalue weighted by Gasteiger charge is -2.04. The van der Waals surface area contributed by atoms with Crippen LogP contribution in [0.2, 0.25) is 0 Å². The van der Waals surface area contributed by atoms with Crippen molar-refractivity contribution in [3.8, 4) is 0 Å². The lowest BCUT2D eigenvalue weighted by atomic mass is 10.1. The molecule has 1 atom stereocenters. The molecule has 0 aromatic carbocycles. The van der Waals surface area contributed by atoms with E-state index in [1.807, 2.05) is 0 Å². The number of primary amides is 1. The number of carboxylic acids is 1. The van der Waals surface area contributed by atoms with Crippen molar-refractivity contribution in [1.29, 1.82) is 0 Å². The zero-order valence-corrected chi connectivity index (χ0v) is 6.32. The highest BCUT2D eigenvalue weighted by molar-refractivity contribution is 6.34. The van der Waals surface area contributed by atoms with Gasteiger partial charge in [0.15, 0.2) is 0 Å². The number of Topliss-reactive ketones (excluding diaryl/α,β-unsaturated/α-hetero) is 1.